The van der Waals surface area contributed by atoms with Crippen LogP contribution in [0, 0.1) is 0 Å². The summed E-state index contributed by atoms with van der Waals surface area (Å²) >= 11 is 0. The van der Waals surface area contributed by atoms with Crippen molar-refractivity contribution < 1.29 is 24.2 Å². The van der Waals surface area contributed by atoms with Gasteiger partial charge < -0.3 is 19.5 Å². The molecule has 2 heterocycles. The third-order valence-corrected chi connectivity index (χ3v) is 4.51. The molecular weight excluding hydrogens is 348 g/mol. The van der Waals surface area contributed by atoms with Crippen LogP contribution in [0.3, 0.4) is 0 Å². The molecule has 0 aliphatic carbocycles. The predicted molar refractivity (Wildman–Crippen MR) is 97.9 cm³/mol. The lowest BCUT2D eigenvalue weighted by Crippen LogP contribution is -2.37. The Balaban J connectivity index is 1.87. The standard InChI is InChI=1S/C20H22N2O5/c1-26-18-7-3-2-5-15(18)12-22(13-16-6-4-10-27-16)19(23)17-11-14(20(24)25)8-9-21-17/h2-3,5,7-9,11,16H,4,6,10,12-13H2,1H3,(H,24,25). The maximum atomic E-state index is 13.1. The lowest BCUT2D eigenvalue weighted by molar-refractivity contribution is 0.0501. The van der Waals surface area contributed by atoms with E-state index >= 15 is 0 Å². The number of carbonyl (C=O) groups excluding carboxylic acids is 1. The first-order valence-electron chi connectivity index (χ1n) is 8.80. The molecule has 0 spiro atoms. The van der Waals surface area contributed by atoms with Crippen LogP contribution < -0.4 is 4.74 Å². The number of benzene rings is 1. The van der Waals surface area contributed by atoms with Crippen molar-refractivity contribution in [2.45, 2.75) is 25.5 Å². The molecule has 1 aromatic heterocycles. The SMILES string of the molecule is COc1ccccc1CN(CC1CCCO1)C(=O)c1cc(C(=O)O)ccn1. The molecule has 1 saturated heterocycles. The molecule has 7 nitrogen and oxygen atoms in total. The minimum atomic E-state index is -1.10. The van der Waals surface area contributed by atoms with Gasteiger partial charge in [-0.15, -0.1) is 0 Å². The van der Waals surface area contributed by atoms with Crippen LogP contribution in [-0.4, -0.2) is 53.2 Å². The third-order valence-electron chi connectivity index (χ3n) is 4.51. The third kappa shape index (κ3) is 4.62. The summed E-state index contributed by atoms with van der Waals surface area (Å²) in [5.41, 5.74) is 0.992. The van der Waals surface area contributed by atoms with Crippen LogP contribution in [0.25, 0.3) is 0 Å². The Labute approximate surface area is 157 Å². The second-order valence-electron chi connectivity index (χ2n) is 6.37. The Morgan fingerprint density at radius 1 is 1.33 bits per heavy atom. The molecule has 1 aliphatic heterocycles. The minimum Gasteiger partial charge on any atom is -0.496 e. The van der Waals surface area contributed by atoms with Gasteiger partial charge in [-0.25, -0.2) is 4.79 Å². The first kappa shape index (κ1) is 18.8. The predicted octanol–water partition coefficient (Wildman–Crippen LogP) is 2.61. The van der Waals surface area contributed by atoms with Gasteiger partial charge in [0.25, 0.3) is 5.91 Å². The number of nitrogens with zero attached hydrogens (tertiary/aromatic N) is 2. The maximum absolute atomic E-state index is 13.1. The number of methoxy groups -OCH3 is 1. The summed E-state index contributed by atoms with van der Waals surface area (Å²) in [5, 5.41) is 9.17. The van der Waals surface area contributed by atoms with Crippen LogP contribution in [0.1, 0.15) is 39.3 Å². The molecule has 1 unspecified atom stereocenters. The number of carbonyl (C=O) groups is 2. The maximum Gasteiger partial charge on any atom is 0.335 e. The molecule has 2 aromatic rings. The first-order valence-corrected chi connectivity index (χ1v) is 8.80. The molecule has 1 fully saturated rings. The van der Waals surface area contributed by atoms with Crippen molar-refractivity contribution in [2.75, 3.05) is 20.3 Å². The van der Waals surface area contributed by atoms with Gasteiger partial charge in [0, 0.05) is 31.5 Å². The number of amides is 1. The molecule has 27 heavy (non-hydrogen) atoms. The van der Waals surface area contributed by atoms with E-state index in [1.54, 1.807) is 12.0 Å². The Morgan fingerprint density at radius 3 is 2.85 bits per heavy atom. The summed E-state index contributed by atoms with van der Waals surface area (Å²) in [6, 6.07) is 10.2. The van der Waals surface area contributed by atoms with Crippen LogP contribution in [0.2, 0.25) is 0 Å². The fourth-order valence-electron chi connectivity index (χ4n) is 3.14. The smallest absolute Gasteiger partial charge is 0.335 e. The Hall–Kier alpha value is -2.93. The molecule has 3 rings (SSSR count). The molecule has 1 N–H and O–H groups in total. The van der Waals surface area contributed by atoms with Gasteiger partial charge in [0.2, 0.25) is 0 Å². The van der Waals surface area contributed by atoms with Gasteiger partial charge in [-0.05, 0) is 31.0 Å². The number of aromatic nitrogens is 1. The highest BCUT2D eigenvalue weighted by molar-refractivity contribution is 5.95. The number of pyridine rings is 1. The molecule has 1 aromatic carbocycles. The molecule has 142 valence electrons. The summed E-state index contributed by atoms with van der Waals surface area (Å²) in [6.45, 7) is 1.42. The van der Waals surface area contributed by atoms with Crippen LogP contribution in [0.4, 0.5) is 0 Å². The average molecular weight is 370 g/mol. The topological polar surface area (TPSA) is 89.0 Å². The number of rotatable bonds is 7. The van der Waals surface area contributed by atoms with Crippen molar-refractivity contribution >= 4 is 11.9 Å². The normalized spacial score (nSPS) is 16.1. The van der Waals surface area contributed by atoms with E-state index in [0.717, 1.165) is 18.4 Å². The van der Waals surface area contributed by atoms with E-state index in [9.17, 15) is 14.7 Å². The van der Waals surface area contributed by atoms with E-state index in [1.165, 1.54) is 18.3 Å². The number of para-hydroxylation sites is 1. The highest BCUT2D eigenvalue weighted by atomic mass is 16.5. The quantitative estimate of drug-likeness (QED) is 0.806. The first-order chi connectivity index (χ1) is 13.1. The Bertz CT molecular complexity index is 818. The van der Waals surface area contributed by atoms with Gasteiger partial charge in [0.1, 0.15) is 11.4 Å². The van der Waals surface area contributed by atoms with Gasteiger partial charge in [0.15, 0.2) is 0 Å². The van der Waals surface area contributed by atoms with E-state index in [-0.39, 0.29) is 23.3 Å². The molecule has 0 radical (unpaired) electrons. The zero-order valence-electron chi connectivity index (χ0n) is 15.1. The number of carboxylic acids is 1. The van der Waals surface area contributed by atoms with Crippen molar-refractivity contribution in [3.63, 3.8) is 0 Å². The lowest BCUT2D eigenvalue weighted by atomic mass is 10.1. The molecule has 1 atom stereocenters. The molecule has 1 amide bonds. The van der Waals surface area contributed by atoms with E-state index in [1.807, 2.05) is 24.3 Å². The van der Waals surface area contributed by atoms with E-state index in [2.05, 4.69) is 4.98 Å². The highest BCUT2D eigenvalue weighted by Gasteiger charge is 2.25. The molecule has 0 bridgehead atoms. The summed E-state index contributed by atoms with van der Waals surface area (Å²) in [6.07, 6.45) is 3.16. The second-order valence-corrected chi connectivity index (χ2v) is 6.37. The number of aromatic carboxylic acids is 1. The summed E-state index contributed by atoms with van der Waals surface area (Å²) in [7, 11) is 1.59. The fourth-order valence-corrected chi connectivity index (χ4v) is 3.14. The zero-order chi connectivity index (χ0) is 19.2. The van der Waals surface area contributed by atoms with Crippen molar-refractivity contribution in [2.24, 2.45) is 0 Å². The van der Waals surface area contributed by atoms with Crippen molar-refractivity contribution in [3.8, 4) is 5.75 Å². The van der Waals surface area contributed by atoms with Crippen LogP contribution >= 0.6 is 0 Å². The Morgan fingerprint density at radius 2 is 2.15 bits per heavy atom. The monoisotopic (exact) mass is 370 g/mol. The van der Waals surface area contributed by atoms with Gasteiger partial charge in [-0.1, -0.05) is 18.2 Å². The van der Waals surface area contributed by atoms with E-state index < -0.39 is 5.97 Å². The number of carboxylic acid groups (broad SMARTS) is 1. The number of hydrogen-bond acceptors (Lipinski definition) is 5. The Kier molecular flexibility index (Phi) is 6.03. The van der Waals surface area contributed by atoms with Crippen molar-refractivity contribution in [1.29, 1.82) is 0 Å². The number of ether oxygens (including phenoxy) is 2. The van der Waals surface area contributed by atoms with Crippen LogP contribution in [-0.2, 0) is 11.3 Å². The molecule has 7 heteroatoms. The summed E-state index contributed by atoms with van der Waals surface area (Å²) in [5.74, 6) is -0.740. The van der Waals surface area contributed by atoms with Crippen LogP contribution in [0.15, 0.2) is 42.6 Å². The van der Waals surface area contributed by atoms with Gasteiger partial charge in [-0.2, -0.15) is 0 Å². The average Bonchev–Trinajstić information content (AvgIpc) is 3.20. The van der Waals surface area contributed by atoms with Gasteiger partial charge >= 0.3 is 5.97 Å². The largest absolute Gasteiger partial charge is 0.496 e. The summed E-state index contributed by atoms with van der Waals surface area (Å²) < 4.78 is 11.1. The lowest BCUT2D eigenvalue weighted by Gasteiger charge is -2.26. The van der Waals surface area contributed by atoms with Crippen LogP contribution in [0.5, 0.6) is 5.75 Å². The number of hydrogen-bond donors (Lipinski definition) is 1. The van der Waals surface area contributed by atoms with Gasteiger partial charge in [-0.3, -0.25) is 9.78 Å². The van der Waals surface area contributed by atoms with E-state index in [4.69, 9.17) is 9.47 Å². The van der Waals surface area contributed by atoms with E-state index in [0.29, 0.717) is 25.4 Å². The molecule has 1 aliphatic rings. The molecule has 0 saturated carbocycles. The summed E-state index contributed by atoms with van der Waals surface area (Å²) in [4.78, 5) is 30.0. The second kappa shape index (κ2) is 8.64. The van der Waals surface area contributed by atoms with Crippen molar-refractivity contribution in [1.82, 2.24) is 9.88 Å². The highest BCUT2D eigenvalue weighted by Crippen LogP contribution is 2.22. The zero-order valence-corrected chi connectivity index (χ0v) is 15.1. The van der Waals surface area contributed by atoms with Gasteiger partial charge in [0.05, 0.1) is 18.8 Å². The molecular formula is C20H22N2O5. The fraction of sp³-hybridized carbons (Fsp3) is 0.350. The van der Waals surface area contributed by atoms with Crippen molar-refractivity contribution in [3.05, 3.63) is 59.4 Å². The minimum absolute atomic E-state index is 0.0303.